The second-order valence-corrected chi connectivity index (χ2v) is 6.58. The van der Waals surface area contributed by atoms with Crippen LogP contribution < -0.4 is 5.32 Å². The molecule has 0 radical (unpaired) electrons. The summed E-state index contributed by atoms with van der Waals surface area (Å²) in [7, 11) is 0. The Morgan fingerprint density at radius 3 is 2.90 bits per heavy atom. The van der Waals surface area contributed by atoms with E-state index in [1.54, 1.807) is 17.0 Å². The van der Waals surface area contributed by atoms with Crippen molar-refractivity contribution in [2.45, 2.75) is 44.4 Å². The van der Waals surface area contributed by atoms with Gasteiger partial charge in [-0.05, 0) is 50.3 Å². The molecule has 0 aliphatic carbocycles. The molecule has 2 rings (SSSR count). The standard InChI is InChI=1S/C13H19N5O2S/c1-9(10-6-5-7-20-10)14-11(19)8-21-12-15-16-17-18(12)13(2,3)4/h5-7,9H,8H2,1-4H3,(H,14,19). The monoisotopic (exact) mass is 309 g/mol. The van der Waals surface area contributed by atoms with Gasteiger partial charge in [-0.2, -0.15) is 0 Å². The maximum atomic E-state index is 12.0. The van der Waals surface area contributed by atoms with Crippen LogP contribution in [0.15, 0.2) is 28.0 Å². The average Bonchev–Trinajstić information content (AvgIpc) is 3.06. The van der Waals surface area contributed by atoms with Crippen LogP contribution in [0.25, 0.3) is 0 Å². The summed E-state index contributed by atoms with van der Waals surface area (Å²) in [5.41, 5.74) is -0.218. The normalized spacial score (nSPS) is 13.1. The van der Waals surface area contributed by atoms with E-state index < -0.39 is 0 Å². The fraction of sp³-hybridized carbons (Fsp3) is 0.538. The molecule has 0 fully saturated rings. The van der Waals surface area contributed by atoms with Crippen molar-refractivity contribution in [3.05, 3.63) is 24.2 Å². The minimum Gasteiger partial charge on any atom is -0.467 e. The van der Waals surface area contributed by atoms with Crippen LogP contribution >= 0.6 is 11.8 Å². The fourth-order valence-electron chi connectivity index (χ4n) is 1.71. The lowest BCUT2D eigenvalue weighted by molar-refractivity contribution is -0.119. The highest BCUT2D eigenvalue weighted by Gasteiger charge is 2.21. The number of hydrogen-bond acceptors (Lipinski definition) is 6. The maximum absolute atomic E-state index is 12.0. The zero-order chi connectivity index (χ0) is 15.5. The first-order valence-corrected chi connectivity index (χ1v) is 7.61. The molecule has 1 N–H and O–H groups in total. The van der Waals surface area contributed by atoms with Crippen molar-refractivity contribution in [1.82, 2.24) is 25.5 Å². The van der Waals surface area contributed by atoms with Gasteiger partial charge in [-0.1, -0.05) is 11.8 Å². The summed E-state index contributed by atoms with van der Waals surface area (Å²) in [5, 5.41) is 15.1. The summed E-state index contributed by atoms with van der Waals surface area (Å²) in [4.78, 5) is 12.0. The van der Waals surface area contributed by atoms with Gasteiger partial charge in [0.25, 0.3) is 0 Å². The van der Waals surface area contributed by atoms with Crippen molar-refractivity contribution in [1.29, 1.82) is 0 Å². The third kappa shape index (κ3) is 4.07. The van der Waals surface area contributed by atoms with Gasteiger partial charge < -0.3 is 9.73 Å². The summed E-state index contributed by atoms with van der Waals surface area (Å²) in [5.74, 6) is 0.891. The molecule has 8 heteroatoms. The number of tetrazole rings is 1. The molecule has 21 heavy (non-hydrogen) atoms. The second-order valence-electron chi connectivity index (χ2n) is 5.64. The molecule has 2 heterocycles. The van der Waals surface area contributed by atoms with Crippen LogP contribution in [0.3, 0.4) is 0 Å². The van der Waals surface area contributed by atoms with Gasteiger partial charge in [-0.25, -0.2) is 4.68 Å². The molecule has 2 aromatic heterocycles. The van der Waals surface area contributed by atoms with E-state index in [1.807, 2.05) is 33.8 Å². The summed E-state index contributed by atoms with van der Waals surface area (Å²) in [6, 6.07) is 3.47. The topological polar surface area (TPSA) is 85.8 Å². The highest BCUT2D eigenvalue weighted by molar-refractivity contribution is 7.99. The molecule has 0 saturated heterocycles. The number of furan rings is 1. The van der Waals surface area contributed by atoms with Crippen molar-refractivity contribution < 1.29 is 9.21 Å². The molecule has 0 aromatic carbocycles. The van der Waals surface area contributed by atoms with E-state index >= 15 is 0 Å². The van der Waals surface area contributed by atoms with Crippen LogP contribution in [0.1, 0.15) is 39.5 Å². The highest BCUT2D eigenvalue weighted by Crippen LogP contribution is 2.21. The Kier molecular flexibility index (Phi) is 4.66. The number of carbonyl (C=O) groups is 1. The van der Waals surface area contributed by atoms with E-state index in [0.29, 0.717) is 5.16 Å². The number of nitrogens with one attached hydrogen (secondary N) is 1. The molecule has 1 unspecified atom stereocenters. The molecule has 0 saturated carbocycles. The van der Waals surface area contributed by atoms with Crippen molar-refractivity contribution in [2.24, 2.45) is 0 Å². The Bertz CT molecular complexity index is 588. The zero-order valence-electron chi connectivity index (χ0n) is 12.5. The van der Waals surface area contributed by atoms with Gasteiger partial charge in [-0.15, -0.1) is 5.10 Å². The quantitative estimate of drug-likeness (QED) is 0.850. The van der Waals surface area contributed by atoms with E-state index in [9.17, 15) is 4.79 Å². The molecule has 1 amide bonds. The number of aromatic nitrogens is 4. The van der Waals surface area contributed by atoms with E-state index in [4.69, 9.17) is 4.42 Å². The minimum absolute atomic E-state index is 0.0904. The molecule has 114 valence electrons. The predicted octanol–water partition coefficient (Wildman–Crippen LogP) is 1.99. The Morgan fingerprint density at radius 2 is 2.29 bits per heavy atom. The summed E-state index contributed by atoms with van der Waals surface area (Å²) in [6.45, 7) is 7.89. The van der Waals surface area contributed by atoms with Gasteiger partial charge in [0.15, 0.2) is 0 Å². The van der Waals surface area contributed by atoms with Gasteiger partial charge in [-0.3, -0.25) is 4.79 Å². The maximum Gasteiger partial charge on any atom is 0.231 e. The Morgan fingerprint density at radius 1 is 1.52 bits per heavy atom. The highest BCUT2D eigenvalue weighted by atomic mass is 32.2. The van der Waals surface area contributed by atoms with Crippen molar-refractivity contribution in [3.63, 3.8) is 0 Å². The predicted molar refractivity (Wildman–Crippen MR) is 78.8 cm³/mol. The Balaban J connectivity index is 1.89. The number of amides is 1. The molecule has 1 atom stereocenters. The van der Waals surface area contributed by atoms with E-state index in [2.05, 4.69) is 20.8 Å². The number of rotatable bonds is 5. The lowest BCUT2D eigenvalue weighted by Gasteiger charge is -2.19. The third-order valence-corrected chi connectivity index (χ3v) is 3.68. The molecule has 0 aliphatic heterocycles. The molecule has 0 bridgehead atoms. The average molecular weight is 309 g/mol. The molecular weight excluding hydrogens is 290 g/mol. The molecular formula is C13H19N5O2S. The van der Waals surface area contributed by atoms with Crippen molar-refractivity contribution in [2.75, 3.05) is 5.75 Å². The Hall–Kier alpha value is -1.83. The minimum atomic E-state index is -0.218. The van der Waals surface area contributed by atoms with Crippen LogP contribution in [0.5, 0.6) is 0 Å². The second kappa shape index (κ2) is 6.30. The van der Waals surface area contributed by atoms with E-state index in [-0.39, 0.29) is 23.2 Å². The number of thioether (sulfide) groups is 1. The SMILES string of the molecule is CC(NC(=O)CSc1nnnn1C(C)(C)C)c1ccco1. The largest absolute Gasteiger partial charge is 0.467 e. The summed E-state index contributed by atoms with van der Waals surface area (Å²) in [6.07, 6.45) is 1.59. The summed E-state index contributed by atoms with van der Waals surface area (Å²) >= 11 is 1.31. The molecule has 2 aromatic rings. The van der Waals surface area contributed by atoms with Crippen LogP contribution in [-0.4, -0.2) is 31.9 Å². The Labute approximate surface area is 127 Å². The summed E-state index contributed by atoms with van der Waals surface area (Å²) < 4.78 is 6.96. The van der Waals surface area contributed by atoms with Crippen LogP contribution in [0.4, 0.5) is 0 Å². The number of nitrogens with zero attached hydrogens (tertiary/aromatic N) is 4. The van der Waals surface area contributed by atoms with Crippen LogP contribution in [-0.2, 0) is 10.3 Å². The lowest BCUT2D eigenvalue weighted by atomic mass is 10.1. The molecule has 7 nitrogen and oxygen atoms in total. The third-order valence-electron chi connectivity index (χ3n) is 2.76. The van der Waals surface area contributed by atoms with Gasteiger partial charge >= 0.3 is 0 Å². The van der Waals surface area contributed by atoms with Crippen molar-refractivity contribution in [3.8, 4) is 0 Å². The zero-order valence-corrected chi connectivity index (χ0v) is 13.3. The van der Waals surface area contributed by atoms with Crippen LogP contribution in [0, 0.1) is 0 Å². The molecule has 0 spiro atoms. The fourth-order valence-corrected chi connectivity index (χ4v) is 2.58. The van der Waals surface area contributed by atoms with Gasteiger partial charge in [0.2, 0.25) is 11.1 Å². The number of carbonyl (C=O) groups excluding carboxylic acids is 1. The van der Waals surface area contributed by atoms with Crippen LogP contribution in [0.2, 0.25) is 0 Å². The lowest BCUT2D eigenvalue weighted by Crippen LogP contribution is -2.28. The van der Waals surface area contributed by atoms with E-state index in [1.165, 1.54) is 11.8 Å². The van der Waals surface area contributed by atoms with Gasteiger partial charge in [0.1, 0.15) is 5.76 Å². The van der Waals surface area contributed by atoms with E-state index in [0.717, 1.165) is 5.76 Å². The first-order chi connectivity index (χ1) is 9.88. The van der Waals surface area contributed by atoms with Gasteiger partial charge in [0, 0.05) is 0 Å². The van der Waals surface area contributed by atoms with Gasteiger partial charge in [0.05, 0.1) is 23.6 Å². The first kappa shape index (κ1) is 15.6. The first-order valence-electron chi connectivity index (χ1n) is 6.62. The van der Waals surface area contributed by atoms with Crippen molar-refractivity contribution >= 4 is 17.7 Å². The smallest absolute Gasteiger partial charge is 0.231 e. The number of hydrogen-bond donors (Lipinski definition) is 1. The molecule has 0 aliphatic rings.